The van der Waals surface area contributed by atoms with Gasteiger partial charge in [0.2, 0.25) is 5.89 Å². The van der Waals surface area contributed by atoms with Gasteiger partial charge in [-0.2, -0.15) is 0 Å². The number of hydrogen-bond acceptors (Lipinski definition) is 3. The topological polar surface area (TPSA) is 63.3 Å². The van der Waals surface area contributed by atoms with Crippen LogP contribution < -0.4 is 0 Å². The van der Waals surface area contributed by atoms with Crippen LogP contribution in [0, 0.1) is 6.92 Å². The van der Waals surface area contributed by atoms with Crippen LogP contribution in [-0.2, 0) is 4.79 Å². The van der Waals surface area contributed by atoms with Crippen molar-refractivity contribution in [3.63, 3.8) is 0 Å². The van der Waals surface area contributed by atoms with Gasteiger partial charge >= 0.3 is 5.97 Å². The van der Waals surface area contributed by atoms with Gasteiger partial charge in [0.15, 0.2) is 0 Å². The second-order valence-corrected chi connectivity index (χ2v) is 3.89. The summed E-state index contributed by atoms with van der Waals surface area (Å²) in [6, 6.07) is 9.42. The molecule has 0 saturated carbocycles. The maximum atomic E-state index is 10.9. The Balaban J connectivity index is 2.41. The zero-order valence-electron chi connectivity index (χ0n) is 9.68. The summed E-state index contributed by atoms with van der Waals surface area (Å²) in [5.41, 5.74) is 1.33. The molecular weight excluding hydrogens is 218 g/mol. The molecule has 1 unspecified atom stereocenters. The number of hydrogen-bond donors (Lipinski definition) is 1. The first-order valence-electron chi connectivity index (χ1n) is 5.35. The summed E-state index contributed by atoms with van der Waals surface area (Å²) in [6.07, 6.45) is 0. The van der Waals surface area contributed by atoms with Crippen molar-refractivity contribution in [2.24, 2.45) is 0 Å². The van der Waals surface area contributed by atoms with Crippen LogP contribution in [0.5, 0.6) is 0 Å². The molecule has 1 N–H and O–H groups in total. The Hall–Kier alpha value is -2.10. The fourth-order valence-corrected chi connectivity index (χ4v) is 1.63. The van der Waals surface area contributed by atoms with Crippen LogP contribution in [0.2, 0.25) is 0 Å². The van der Waals surface area contributed by atoms with Gasteiger partial charge in [-0.05, 0) is 26.0 Å². The molecule has 88 valence electrons. The lowest BCUT2D eigenvalue weighted by Gasteiger charge is -2.00. The third-order valence-corrected chi connectivity index (χ3v) is 2.63. The SMILES string of the molecule is Cc1oc(-c2ccccc2)nc1C(C)C(=O)O. The van der Waals surface area contributed by atoms with Gasteiger partial charge in [0.05, 0.1) is 11.6 Å². The molecule has 1 aromatic heterocycles. The monoisotopic (exact) mass is 231 g/mol. The average molecular weight is 231 g/mol. The molecule has 4 nitrogen and oxygen atoms in total. The van der Waals surface area contributed by atoms with E-state index in [2.05, 4.69) is 4.98 Å². The summed E-state index contributed by atoms with van der Waals surface area (Å²) in [5, 5.41) is 8.96. The molecule has 0 saturated heterocycles. The second kappa shape index (κ2) is 4.41. The molecule has 0 spiro atoms. The van der Waals surface area contributed by atoms with Gasteiger partial charge in [-0.1, -0.05) is 18.2 Å². The highest BCUT2D eigenvalue weighted by Gasteiger charge is 2.22. The van der Waals surface area contributed by atoms with E-state index in [1.54, 1.807) is 13.8 Å². The van der Waals surface area contributed by atoms with Crippen LogP contribution in [0.4, 0.5) is 0 Å². The van der Waals surface area contributed by atoms with Crippen molar-refractivity contribution in [3.8, 4) is 11.5 Å². The standard InChI is InChI=1S/C13H13NO3/c1-8(13(15)16)11-9(2)17-12(14-11)10-6-4-3-5-7-10/h3-8H,1-2H3,(H,15,16). The first-order valence-corrected chi connectivity index (χ1v) is 5.35. The van der Waals surface area contributed by atoms with Crippen molar-refractivity contribution in [2.75, 3.05) is 0 Å². The summed E-state index contributed by atoms with van der Waals surface area (Å²) in [4.78, 5) is 15.2. The quantitative estimate of drug-likeness (QED) is 0.882. The molecule has 0 aliphatic heterocycles. The maximum Gasteiger partial charge on any atom is 0.312 e. The van der Waals surface area contributed by atoms with E-state index in [0.717, 1.165) is 5.56 Å². The zero-order chi connectivity index (χ0) is 12.4. The molecule has 0 fully saturated rings. The Bertz CT molecular complexity index is 531. The zero-order valence-corrected chi connectivity index (χ0v) is 9.68. The van der Waals surface area contributed by atoms with E-state index >= 15 is 0 Å². The molecule has 2 aromatic rings. The van der Waals surface area contributed by atoms with Crippen LogP contribution in [0.1, 0.15) is 24.3 Å². The van der Waals surface area contributed by atoms with Crippen molar-refractivity contribution in [1.82, 2.24) is 4.98 Å². The number of carboxylic acid groups (broad SMARTS) is 1. The number of oxazole rings is 1. The first kappa shape index (κ1) is 11.4. The van der Waals surface area contributed by atoms with Gasteiger partial charge in [-0.3, -0.25) is 4.79 Å². The Morgan fingerprint density at radius 1 is 1.35 bits per heavy atom. The van der Waals surface area contributed by atoms with Crippen molar-refractivity contribution < 1.29 is 14.3 Å². The predicted molar refractivity (Wildman–Crippen MR) is 62.7 cm³/mol. The lowest BCUT2D eigenvalue weighted by atomic mass is 10.1. The van der Waals surface area contributed by atoms with Crippen LogP contribution in [0.3, 0.4) is 0 Å². The maximum absolute atomic E-state index is 10.9. The lowest BCUT2D eigenvalue weighted by Crippen LogP contribution is -2.08. The summed E-state index contributed by atoms with van der Waals surface area (Å²) in [5.74, 6) is -0.540. The smallest absolute Gasteiger partial charge is 0.312 e. The van der Waals surface area contributed by atoms with Gasteiger partial charge in [0.25, 0.3) is 0 Å². The Morgan fingerprint density at radius 2 is 2.00 bits per heavy atom. The third kappa shape index (κ3) is 2.20. The van der Waals surface area contributed by atoms with Gasteiger partial charge in [-0.15, -0.1) is 0 Å². The largest absolute Gasteiger partial charge is 0.481 e. The minimum Gasteiger partial charge on any atom is -0.481 e. The van der Waals surface area contributed by atoms with E-state index in [-0.39, 0.29) is 0 Å². The van der Waals surface area contributed by atoms with Gasteiger partial charge in [0, 0.05) is 5.56 Å². The predicted octanol–water partition coefficient (Wildman–Crippen LogP) is 2.84. The van der Waals surface area contributed by atoms with Crippen LogP contribution in [0.15, 0.2) is 34.7 Å². The molecule has 0 amide bonds. The number of aliphatic carboxylic acids is 1. The van der Waals surface area contributed by atoms with Crippen molar-refractivity contribution in [2.45, 2.75) is 19.8 Å². The van der Waals surface area contributed by atoms with E-state index in [1.807, 2.05) is 30.3 Å². The molecule has 0 aliphatic carbocycles. The number of aryl methyl sites for hydroxylation is 1. The molecule has 0 aliphatic rings. The minimum atomic E-state index is -0.902. The molecule has 4 heteroatoms. The van der Waals surface area contributed by atoms with Crippen molar-refractivity contribution >= 4 is 5.97 Å². The van der Waals surface area contributed by atoms with Gasteiger partial charge in [-0.25, -0.2) is 4.98 Å². The van der Waals surface area contributed by atoms with E-state index in [0.29, 0.717) is 17.3 Å². The highest BCUT2D eigenvalue weighted by Crippen LogP contribution is 2.25. The first-order chi connectivity index (χ1) is 8.09. The van der Waals surface area contributed by atoms with Crippen LogP contribution >= 0.6 is 0 Å². The number of rotatable bonds is 3. The van der Waals surface area contributed by atoms with E-state index in [9.17, 15) is 4.79 Å². The van der Waals surface area contributed by atoms with Crippen LogP contribution in [0.25, 0.3) is 11.5 Å². The Kier molecular flexibility index (Phi) is 2.95. The van der Waals surface area contributed by atoms with Crippen molar-refractivity contribution in [1.29, 1.82) is 0 Å². The molecule has 2 rings (SSSR count). The van der Waals surface area contributed by atoms with Gasteiger partial charge < -0.3 is 9.52 Å². The lowest BCUT2D eigenvalue weighted by molar-refractivity contribution is -0.138. The Morgan fingerprint density at radius 3 is 2.59 bits per heavy atom. The van der Waals surface area contributed by atoms with E-state index in [4.69, 9.17) is 9.52 Å². The number of carbonyl (C=O) groups is 1. The second-order valence-electron chi connectivity index (χ2n) is 3.89. The molecule has 1 heterocycles. The number of aromatic nitrogens is 1. The molecule has 1 aromatic carbocycles. The Labute approximate surface area is 98.9 Å². The van der Waals surface area contributed by atoms with Crippen LogP contribution in [-0.4, -0.2) is 16.1 Å². The summed E-state index contributed by atoms with van der Waals surface area (Å²) in [7, 11) is 0. The summed E-state index contributed by atoms with van der Waals surface area (Å²) in [6.45, 7) is 3.33. The van der Waals surface area contributed by atoms with E-state index < -0.39 is 11.9 Å². The highest BCUT2D eigenvalue weighted by atomic mass is 16.4. The molecular formula is C13H13NO3. The number of carboxylic acids is 1. The van der Waals surface area contributed by atoms with E-state index in [1.165, 1.54) is 0 Å². The molecule has 0 radical (unpaired) electrons. The summed E-state index contributed by atoms with van der Waals surface area (Å²) < 4.78 is 5.50. The average Bonchev–Trinajstić information content (AvgIpc) is 2.71. The molecule has 1 atom stereocenters. The summed E-state index contributed by atoms with van der Waals surface area (Å²) >= 11 is 0. The van der Waals surface area contributed by atoms with Crippen molar-refractivity contribution in [3.05, 3.63) is 41.8 Å². The minimum absolute atomic E-state index is 0.464. The molecule has 0 bridgehead atoms. The third-order valence-electron chi connectivity index (χ3n) is 2.63. The fraction of sp³-hybridized carbons (Fsp3) is 0.231. The van der Waals surface area contributed by atoms with Gasteiger partial charge in [0.1, 0.15) is 5.76 Å². The fourth-order valence-electron chi connectivity index (χ4n) is 1.63. The molecule has 17 heavy (non-hydrogen) atoms. The highest BCUT2D eigenvalue weighted by molar-refractivity contribution is 5.75. The normalized spacial score (nSPS) is 12.4. The number of benzene rings is 1. The number of nitrogens with zero attached hydrogens (tertiary/aromatic N) is 1.